The molecule has 1 amide bonds. The lowest BCUT2D eigenvalue weighted by Gasteiger charge is -2.44. The number of carbonyl (C=O) groups is 1. The summed E-state index contributed by atoms with van der Waals surface area (Å²) in [6.45, 7) is 5.56. The van der Waals surface area contributed by atoms with Gasteiger partial charge in [0, 0.05) is 31.7 Å². The van der Waals surface area contributed by atoms with Gasteiger partial charge in [-0.1, -0.05) is 12.1 Å². The van der Waals surface area contributed by atoms with Gasteiger partial charge in [-0.2, -0.15) is 13.2 Å². The predicted molar refractivity (Wildman–Crippen MR) is 104 cm³/mol. The van der Waals surface area contributed by atoms with Crippen LogP contribution in [0.4, 0.5) is 17.6 Å². The van der Waals surface area contributed by atoms with Gasteiger partial charge in [-0.25, -0.2) is 4.39 Å². The lowest BCUT2D eigenvalue weighted by molar-refractivity contribution is -0.140. The maximum Gasteiger partial charge on any atom is 0.416 e. The summed E-state index contributed by atoms with van der Waals surface area (Å²) in [5.41, 5.74) is 0.238. The van der Waals surface area contributed by atoms with Crippen LogP contribution in [0.5, 0.6) is 5.75 Å². The Balaban J connectivity index is 1.53. The predicted octanol–water partition coefficient (Wildman–Crippen LogP) is 4.34. The molecule has 2 unspecified atom stereocenters. The second kappa shape index (κ2) is 9.04. The number of ether oxygens (including phenoxy) is 1. The third kappa shape index (κ3) is 5.50. The molecule has 4 nitrogen and oxygen atoms in total. The van der Waals surface area contributed by atoms with E-state index < -0.39 is 11.7 Å². The number of benzene rings is 2. The first-order valence-corrected chi connectivity index (χ1v) is 9.71. The zero-order chi connectivity index (χ0) is 21.9. The van der Waals surface area contributed by atoms with Crippen LogP contribution in [0.25, 0.3) is 0 Å². The number of carbonyl (C=O) groups excluding carboxylic acids is 1. The zero-order valence-corrected chi connectivity index (χ0v) is 16.8. The van der Waals surface area contributed by atoms with Crippen LogP contribution < -0.4 is 4.74 Å². The van der Waals surface area contributed by atoms with Gasteiger partial charge in [0.2, 0.25) is 0 Å². The van der Waals surface area contributed by atoms with E-state index in [1.807, 2.05) is 13.8 Å². The number of hydrogen-bond acceptors (Lipinski definition) is 3. The van der Waals surface area contributed by atoms with Gasteiger partial charge in [-0.15, -0.1) is 0 Å². The number of rotatable bonds is 5. The molecule has 162 valence electrons. The van der Waals surface area contributed by atoms with Crippen LogP contribution in [0.1, 0.15) is 25.0 Å². The van der Waals surface area contributed by atoms with Crippen molar-refractivity contribution < 1.29 is 27.1 Å². The van der Waals surface area contributed by atoms with Gasteiger partial charge in [-0.3, -0.25) is 9.69 Å². The summed E-state index contributed by atoms with van der Waals surface area (Å²) < 4.78 is 56.4. The quantitative estimate of drug-likeness (QED) is 0.670. The van der Waals surface area contributed by atoms with Crippen LogP contribution in [0.3, 0.4) is 0 Å². The maximum absolute atomic E-state index is 13.1. The van der Waals surface area contributed by atoms with Crippen LogP contribution in [0, 0.1) is 5.82 Å². The van der Waals surface area contributed by atoms with Crippen molar-refractivity contribution >= 4 is 5.91 Å². The molecule has 1 aliphatic rings. The molecule has 0 aromatic heterocycles. The average molecular weight is 424 g/mol. The highest BCUT2D eigenvalue weighted by atomic mass is 19.4. The molecule has 0 bridgehead atoms. The molecule has 1 saturated heterocycles. The van der Waals surface area contributed by atoms with E-state index in [0.29, 0.717) is 19.6 Å². The number of alkyl halides is 3. The minimum Gasteiger partial charge on any atom is -0.484 e. The number of amides is 1. The Kier molecular flexibility index (Phi) is 6.65. The van der Waals surface area contributed by atoms with Crippen molar-refractivity contribution in [3.8, 4) is 5.75 Å². The number of hydrogen-bond donors (Lipinski definition) is 0. The Bertz CT molecular complexity index is 853. The Labute approximate surface area is 173 Å². The van der Waals surface area contributed by atoms with E-state index in [9.17, 15) is 22.4 Å². The molecule has 0 aliphatic carbocycles. The average Bonchev–Trinajstić information content (AvgIpc) is 2.70. The van der Waals surface area contributed by atoms with Gasteiger partial charge >= 0.3 is 6.18 Å². The van der Waals surface area contributed by atoms with Crippen LogP contribution in [0.15, 0.2) is 48.5 Å². The van der Waals surface area contributed by atoms with E-state index in [1.54, 1.807) is 17.0 Å². The van der Waals surface area contributed by atoms with Gasteiger partial charge in [0.15, 0.2) is 6.61 Å². The van der Waals surface area contributed by atoms with Crippen molar-refractivity contribution in [3.05, 3.63) is 65.5 Å². The summed E-state index contributed by atoms with van der Waals surface area (Å²) in [5, 5.41) is 0. The Morgan fingerprint density at radius 2 is 1.63 bits per heavy atom. The third-order valence-electron chi connectivity index (χ3n) is 5.28. The molecule has 30 heavy (non-hydrogen) atoms. The second-order valence-corrected chi connectivity index (χ2v) is 7.61. The first kappa shape index (κ1) is 22.1. The highest BCUT2D eigenvalue weighted by Gasteiger charge is 2.32. The van der Waals surface area contributed by atoms with Crippen LogP contribution in [-0.4, -0.2) is 47.5 Å². The molecule has 0 N–H and O–H groups in total. The van der Waals surface area contributed by atoms with Gasteiger partial charge in [0.05, 0.1) is 5.56 Å². The molecule has 2 atom stereocenters. The first-order chi connectivity index (χ1) is 14.1. The molecular weight excluding hydrogens is 400 g/mol. The van der Waals surface area contributed by atoms with E-state index in [2.05, 4.69) is 4.90 Å². The normalized spacial score (nSPS) is 20.3. The Morgan fingerprint density at radius 3 is 2.23 bits per heavy atom. The summed E-state index contributed by atoms with van der Waals surface area (Å²) >= 11 is 0. The molecule has 2 aromatic carbocycles. The SMILES string of the molecule is CC1CN(C(=O)COc2ccc(C(F)(F)F)cc2)C(C)CN1Cc1ccc(F)cc1. The molecule has 0 radical (unpaired) electrons. The maximum atomic E-state index is 13.1. The van der Waals surface area contributed by atoms with Gasteiger partial charge in [-0.05, 0) is 55.8 Å². The molecule has 2 aromatic rings. The summed E-state index contributed by atoms with van der Waals surface area (Å²) in [4.78, 5) is 16.6. The summed E-state index contributed by atoms with van der Waals surface area (Å²) in [5.74, 6) is -0.272. The fraction of sp³-hybridized carbons (Fsp3) is 0.409. The lowest BCUT2D eigenvalue weighted by Crippen LogP contribution is -2.58. The van der Waals surface area contributed by atoms with E-state index in [1.165, 1.54) is 24.3 Å². The second-order valence-electron chi connectivity index (χ2n) is 7.61. The zero-order valence-electron chi connectivity index (χ0n) is 16.8. The Morgan fingerprint density at radius 1 is 1.00 bits per heavy atom. The molecule has 1 heterocycles. The van der Waals surface area contributed by atoms with Gasteiger partial charge in [0.25, 0.3) is 5.91 Å². The summed E-state index contributed by atoms with van der Waals surface area (Å²) in [6.07, 6.45) is -4.41. The van der Waals surface area contributed by atoms with E-state index in [0.717, 1.165) is 17.7 Å². The topological polar surface area (TPSA) is 32.8 Å². The van der Waals surface area contributed by atoms with Crippen LogP contribution in [0.2, 0.25) is 0 Å². The fourth-order valence-corrected chi connectivity index (χ4v) is 3.56. The molecule has 0 spiro atoms. The van der Waals surface area contributed by atoms with Crippen molar-refractivity contribution in [1.82, 2.24) is 9.80 Å². The first-order valence-electron chi connectivity index (χ1n) is 9.71. The van der Waals surface area contributed by atoms with E-state index in [4.69, 9.17) is 4.74 Å². The van der Waals surface area contributed by atoms with Crippen molar-refractivity contribution in [3.63, 3.8) is 0 Å². The molecular formula is C22H24F4N2O2. The molecule has 8 heteroatoms. The minimum absolute atomic E-state index is 0.0506. The highest BCUT2D eigenvalue weighted by Crippen LogP contribution is 2.30. The van der Waals surface area contributed by atoms with Crippen molar-refractivity contribution in [2.24, 2.45) is 0 Å². The van der Waals surface area contributed by atoms with Crippen molar-refractivity contribution in [2.45, 2.75) is 38.7 Å². The number of nitrogens with zero attached hydrogens (tertiary/aromatic N) is 2. The molecule has 0 saturated carbocycles. The summed E-state index contributed by atoms with van der Waals surface area (Å²) in [6, 6.07) is 10.7. The van der Waals surface area contributed by atoms with E-state index in [-0.39, 0.29) is 36.2 Å². The molecule has 1 aliphatic heterocycles. The molecule has 3 rings (SSSR count). The number of halogens is 4. The fourth-order valence-electron chi connectivity index (χ4n) is 3.56. The van der Waals surface area contributed by atoms with E-state index >= 15 is 0 Å². The molecule has 1 fully saturated rings. The highest BCUT2D eigenvalue weighted by molar-refractivity contribution is 5.78. The van der Waals surface area contributed by atoms with Gasteiger partial charge < -0.3 is 9.64 Å². The Hall–Kier alpha value is -2.61. The standard InChI is InChI=1S/C22H24F4N2O2/c1-15-12-28(16(2)11-27(15)13-17-3-7-19(23)8-4-17)21(29)14-30-20-9-5-18(6-10-20)22(24,25)26/h3-10,15-16H,11-14H2,1-2H3. The largest absolute Gasteiger partial charge is 0.484 e. The van der Waals surface area contributed by atoms with Crippen LogP contribution in [-0.2, 0) is 17.5 Å². The third-order valence-corrected chi connectivity index (χ3v) is 5.28. The van der Waals surface area contributed by atoms with Crippen LogP contribution >= 0.6 is 0 Å². The summed E-state index contributed by atoms with van der Waals surface area (Å²) in [7, 11) is 0. The van der Waals surface area contributed by atoms with Crippen molar-refractivity contribution in [1.29, 1.82) is 0 Å². The lowest BCUT2D eigenvalue weighted by atomic mass is 10.1. The number of piperazine rings is 1. The minimum atomic E-state index is -4.41. The smallest absolute Gasteiger partial charge is 0.416 e. The van der Waals surface area contributed by atoms with Crippen molar-refractivity contribution in [2.75, 3.05) is 19.7 Å². The van der Waals surface area contributed by atoms with Gasteiger partial charge in [0.1, 0.15) is 11.6 Å². The monoisotopic (exact) mass is 424 g/mol.